The van der Waals surface area contributed by atoms with Gasteiger partial charge in [-0.2, -0.15) is 0 Å². The predicted octanol–water partition coefficient (Wildman–Crippen LogP) is 3.19. The fourth-order valence-corrected chi connectivity index (χ4v) is 2.18. The summed E-state index contributed by atoms with van der Waals surface area (Å²) in [5.41, 5.74) is 6.39. The molecule has 0 heterocycles. The third-order valence-electron chi connectivity index (χ3n) is 3.18. The van der Waals surface area contributed by atoms with Crippen LogP contribution >= 0.6 is 12.2 Å². The number of benzene rings is 2. The Balaban J connectivity index is 1.92. The van der Waals surface area contributed by atoms with E-state index in [1.54, 1.807) is 19.2 Å². The van der Waals surface area contributed by atoms with Gasteiger partial charge in [0.1, 0.15) is 29.7 Å². The summed E-state index contributed by atoms with van der Waals surface area (Å²) in [6.45, 7) is 3.21. The molecular formula is C18H21NO4S. The van der Waals surface area contributed by atoms with E-state index in [2.05, 4.69) is 0 Å². The molecule has 0 aliphatic carbocycles. The van der Waals surface area contributed by atoms with E-state index in [0.717, 1.165) is 17.1 Å². The molecule has 2 aromatic carbocycles. The van der Waals surface area contributed by atoms with Gasteiger partial charge in [-0.1, -0.05) is 18.3 Å². The van der Waals surface area contributed by atoms with Crippen molar-refractivity contribution < 1.29 is 18.9 Å². The highest BCUT2D eigenvalue weighted by atomic mass is 32.1. The molecule has 0 saturated heterocycles. The van der Waals surface area contributed by atoms with Gasteiger partial charge in [0.05, 0.1) is 13.7 Å². The molecule has 0 bridgehead atoms. The average molecular weight is 347 g/mol. The Morgan fingerprint density at radius 2 is 1.71 bits per heavy atom. The van der Waals surface area contributed by atoms with E-state index in [-0.39, 0.29) is 0 Å². The molecule has 2 N–H and O–H groups in total. The van der Waals surface area contributed by atoms with Gasteiger partial charge in [-0.05, 0) is 37.3 Å². The number of hydrogen-bond acceptors (Lipinski definition) is 5. The van der Waals surface area contributed by atoms with Crippen molar-refractivity contribution in [1.82, 2.24) is 0 Å². The van der Waals surface area contributed by atoms with Crippen molar-refractivity contribution in [2.45, 2.75) is 6.92 Å². The summed E-state index contributed by atoms with van der Waals surface area (Å²) < 4.78 is 22.1. The quantitative estimate of drug-likeness (QED) is 0.555. The van der Waals surface area contributed by atoms with E-state index in [0.29, 0.717) is 36.3 Å². The molecule has 0 radical (unpaired) electrons. The Bertz CT molecular complexity index is 690. The number of methoxy groups -OCH3 is 1. The summed E-state index contributed by atoms with van der Waals surface area (Å²) in [5.74, 6) is 2.72. The molecular weight excluding hydrogens is 326 g/mol. The van der Waals surface area contributed by atoms with E-state index < -0.39 is 0 Å². The van der Waals surface area contributed by atoms with E-state index in [9.17, 15) is 0 Å². The van der Waals surface area contributed by atoms with Crippen LogP contribution in [0.4, 0.5) is 0 Å². The second kappa shape index (κ2) is 8.98. The smallest absolute Gasteiger partial charge is 0.161 e. The van der Waals surface area contributed by atoms with Crippen LogP contribution in [0.3, 0.4) is 0 Å². The molecule has 0 aromatic heterocycles. The monoisotopic (exact) mass is 347 g/mol. The number of rotatable bonds is 9. The molecule has 128 valence electrons. The third-order valence-corrected chi connectivity index (χ3v) is 3.41. The molecule has 2 rings (SSSR count). The Labute approximate surface area is 147 Å². The minimum absolute atomic E-state index is 0.323. The zero-order valence-electron chi connectivity index (χ0n) is 13.8. The maximum absolute atomic E-state index is 5.74. The highest BCUT2D eigenvalue weighted by Crippen LogP contribution is 2.28. The van der Waals surface area contributed by atoms with Crippen molar-refractivity contribution in [3.63, 3.8) is 0 Å². The lowest BCUT2D eigenvalue weighted by Crippen LogP contribution is -2.12. The van der Waals surface area contributed by atoms with Crippen molar-refractivity contribution in [3.8, 4) is 23.0 Å². The first-order valence-corrected chi connectivity index (χ1v) is 8.01. The van der Waals surface area contributed by atoms with Crippen LogP contribution in [-0.4, -0.2) is 31.9 Å². The summed E-state index contributed by atoms with van der Waals surface area (Å²) >= 11 is 4.98. The van der Waals surface area contributed by atoms with Crippen LogP contribution in [0.25, 0.3) is 0 Å². The van der Waals surface area contributed by atoms with E-state index in [4.69, 9.17) is 36.9 Å². The van der Waals surface area contributed by atoms with Gasteiger partial charge in [0.15, 0.2) is 11.5 Å². The number of nitrogens with two attached hydrogens (primary N) is 1. The Kier molecular flexibility index (Phi) is 6.69. The van der Waals surface area contributed by atoms with Gasteiger partial charge in [0.2, 0.25) is 0 Å². The highest BCUT2D eigenvalue weighted by Gasteiger charge is 2.08. The second-order valence-corrected chi connectivity index (χ2v) is 5.27. The molecule has 2 aromatic rings. The minimum Gasteiger partial charge on any atom is -0.497 e. The fraction of sp³-hybridized carbons (Fsp3) is 0.278. The van der Waals surface area contributed by atoms with Crippen molar-refractivity contribution in [2.75, 3.05) is 26.9 Å². The largest absolute Gasteiger partial charge is 0.497 e. The van der Waals surface area contributed by atoms with Gasteiger partial charge in [0, 0.05) is 11.6 Å². The SMILES string of the molecule is CCOc1cc(C(N)=S)ccc1OCCOc1cccc(OC)c1. The molecule has 0 aliphatic heterocycles. The van der Waals surface area contributed by atoms with Crippen LogP contribution in [0.1, 0.15) is 12.5 Å². The van der Waals surface area contributed by atoms with Gasteiger partial charge >= 0.3 is 0 Å². The van der Waals surface area contributed by atoms with Crippen LogP contribution in [0, 0.1) is 0 Å². The number of hydrogen-bond donors (Lipinski definition) is 1. The molecule has 6 heteroatoms. The van der Waals surface area contributed by atoms with E-state index in [1.165, 1.54) is 0 Å². The Hall–Kier alpha value is -2.47. The molecule has 0 fully saturated rings. The van der Waals surface area contributed by atoms with Crippen LogP contribution in [0.15, 0.2) is 42.5 Å². The first-order chi connectivity index (χ1) is 11.6. The number of thiocarbonyl (C=S) groups is 1. The minimum atomic E-state index is 0.323. The maximum atomic E-state index is 5.74. The maximum Gasteiger partial charge on any atom is 0.161 e. The lowest BCUT2D eigenvalue weighted by atomic mass is 10.2. The molecule has 0 unspecified atom stereocenters. The molecule has 5 nitrogen and oxygen atoms in total. The lowest BCUT2D eigenvalue weighted by molar-refractivity contribution is 0.208. The van der Waals surface area contributed by atoms with Crippen molar-refractivity contribution in [3.05, 3.63) is 48.0 Å². The van der Waals surface area contributed by atoms with E-state index in [1.807, 2.05) is 37.3 Å². The highest BCUT2D eigenvalue weighted by molar-refractivity contribution is 7.80. The standard InChI is InChI=1S/C18H21NO4S/c1-3-21-17-11-13(18(19)24)7-8-16(17)23-10-9-22-15-6-4-5-14(12-15)20-2/h4-8,11-12H,3,9-10H2,1-2H3,(H2,19,24). The zero-order valence-corrected chi connectivity index (χ0v) is 14.6. The third kappa shape index (κ3) is 5.03. The molecule has 0 amide bonds. The van der Waals surface area contributed by atoms with Crippen molar-refractivity contribution >= 4 is 17.2 Å². The van der Waals surface area contributed by atoms with E-state index >= 15 is 0 Å². The molecule has 0 aliphatic rings. The first-order valence-electron chi connectivity index (χ1n) is 7.60. The summed E-state index contributed by atoms with van der Waals surface area (Å²) in [7, 11) is 1.62. The Morgan fingerprint density at radius 1 is 0.958 bits per heavy atom. The van der Waals surface area contributed by atoms with Crippen LogP contribution in [-0.2, 0) is 0 Å². The lowest BCUT2D eigenvalue weighted by Gasteiger charge is -2.13. The van der Waals surface area contributed by atoms with Gasteiger partial charge in [-0.15, -0.1) is 0 Å². The van der Waals surface area contributed by atoms with Gasteiger partial charge in [-0.25, -0.2) is 0 Å². The van der Waals surface area contributed by atoms with Gasteiger partial charge in [0.25, 0.3) is 0 Å². The first kappa shape index (κ1) is 17.9. The van der Waals surface area contributed by atoms with Crippen molar-refractivity contribution in [1.29, 1.82) is 0 Å². The summed E-state index contributed by atoms with van der Waals surface area (Å²) in [6.07, 6.45) is 0. The zero-order chi connectivity index (χ0) is 17.4. The van der Waals surface area contributed by atoms with Gasteiger partial charge in [-0.3, -0.25) is 0 Å². The van der Waals surface area contributed by atoms with Gasteiger partial charge < -0.3 is 24.7 Å². The second-order valence-electron chi connectivity index (χ2n) is 4.83. The van der Waals surface area contributed by atoms with Crippen LogP contribution in [0.2, 0.25) is 0 Å². The molecule has 0 spiro atoms. The number of ether oxygens (including phenoxy) is 4. The average Bonchev–Trinajstić information content (AvgIpc) is 2.60. The molecule has 0 atom stereocenters. The summed E-state index contributed by atoms with van der Waals surface area (Å²) in [5, 5.41) is 0. The fourth-order valence-electron chi connectivity index (χ4n) is 2.05. The normalized spacial score (nSPS) is 10.1. The van der Waals surface area contributed by atoms with Crippen LogP contribution < -0.4 is 24.7 Å². The summed E-state index contributed by atoms with van der Waals surface area (Å²) in [6, 6.07) is 12.8. The topological polar surface area (TPSA) is 62.9 Å². The van der Waals surface area contributed by atoms with Crippen LogP contribution in [0.5, 0.6) is 23.0 Å². The van der Waals surface area contributed by atoms with Crippen molar-refractivity contribution in [2.24, 2.45) is 5.73 Å². The Morgan fingerprint density at radius 3 is 2.42 bits per heavy atom. The molecule has 24 heavy (non-hydrogen) atoms. The predicted molar refractivity (Wildman–Crippen MR) is 97.5 cm³/mol. The summed E-state index contributed by atoms with van der Waals surface area (Å²) in [4.78, 5) is 0.323. The molecule has 0 saturated carbocycles.